The number of piperazine rings is 1. The molecule has 2 aromatic rings. The quantitative estimate of drug-likeness (QED) is 0.833. The Bertz CT molecular complexity index is 752. The molecule has 1 fully saturated rings. The van der Waals surface area contributed by atoms with Crippen LogP contribution >= 0.6 is 0 Å². The van der Waals surface area contributed by atoms with Crippen molar-refractivity contribution in [1.29, 1.82) is 0 Å². The van der Waals surface area contributed by atoms with Gasteiger partial charge in [0.25, 0.3) is 0 Å². The summed E-state index contributed by atoms with van der Waals surface area (Å²) >= 11 is 0. The van der Waals surface area contributed by atoms with E-state index in [1.165, 1.54) is 0 Å². The first-order valence-electron chi connectivity index (χ1n) is 7.82. The molecule has 0 spiro atoms. The van der Waals surface area contributed by atoms with Crippen LogP contribution in [-0.2, 0) is 4.79 Å². The maximum Gasteiger partial charge on any atom is 0.222 e. The molecule has 1 aliphatic rings. The average molecular weight is 327 g/mol. The monoisotopic (exact) mass is 327 g/mol. The lowest BCUT2D eigenvalue weighted by Crippen LogP contribution is -2.48. The first kappa shape index (κ1) is 16.0. The Morgan fingerprint density at radius 1 is 1.12 bits per heavy atom. The van der Waals surface area contributed by atoms with E-state index in [0.29, 0.717) is 32.0 Å². The Kier molecular flexibility index (Phi) is 4.20. The second-order valence-corrected chi connectivity index (χ2v) is 5.83. The molecule has 0 aliphatic carbocycles. The van der Waals surface area contributed by atoms with E-state index in [9.17, 15) is 4.79 Å². The molecular formula is C16H21N7O. The fraction of sp³-hybridized carbons (Fsp3) is 0.375. The third-order valence-electron chi connectivity index (χ3n) is 4.19. The second-order valence-electron chi connectivity index (χ2n) is 5.83. The first-order chi connectivity index (χ1) is 11.5. The van der Waals surface area contributed by atoms with Crippen molar-refractivity contribution in [2.24, 2.45) is 0 Å². The maximum atomic E-state index is 11.5. The van der Waals surface area contributed by atoms with Gasteiger partial charge < -0.3 is 21.3 Å². The number of nitrogen functional groups attached to an aromatic ring is 2. The van der Waals surface area contributed by atoms with Crippen LogP contribution in [0.25, 0.3) is 11.1 Å². The highest BCUT2D eigenvalue weighted by Crippen LogP contribution is 2.32. The summed E-state index contributed by atoms with van der Waals surface area (Å²) in [5, 5.41) is 0. The number of amides is 1. The number of aromatic nitrogens is 3. The topological polar surface area (TPSA) is 114 Å². The zero-order valence-corrected chi connectivity index (χ0v) is 13.9. The van der Waals surface area contributed by atoms with Crippen LogP contribution in [0.5, 0.6) is 0 Å². The minimum atomic E-state index is 0.0935. The summed E-state index contributed by atoms with van der Waals surface area (Å²) < 4.78 is 0. The molecule has 1 amide bonds. The van der Waals surface area contributed by atoms with Crippen LogP contribution in [0.3, 0.4) is 0 Å². The molecule has 8 heteroatoms. The van der Waals surface area contributed by atoms with Crippen molar-refractivity contribution in [2.45, 2.75) is 13.8 Å². The summed E-state index contributed by atoms with van der Waals surface area (Å²) in [5.41, 5.74) is 14.1. The smallest absolute Gasteiger partial charge is 0.222 e. The zero-order chi connectivity index (χ0) is 17.3. The van der Waals surface area contributed by atoms with Gasteiger partial charge >= 0.3 is 0 Å². The number of hydrogen-bond acceptors (Lipinski definition) is 7. The van der Waals surface area contributed by atoms with Gasteiger partial charge in [-0.15, -0.1) is 0 Å². The van der Waals surface area contributed by atoms with Gasteiger partial charge in [-0.25, -0.2) is 9.97 Å². The van der Waals surface area contributed by atoms with E-state index in [2.05, 4.69) is 19.9 Å². The first-order valence-corrected chi connectivity index (χ1v) is 7.82. The van der Waals surface area contributed by atoms with Gasteiger partial charge in [0, 0.05) is 50.4 Å². The molecule has 1 aliphatic heterocycles. The Morgan fingerprint density at radius 3 is 2.42 bits per heavy atom. The van der Waals surface area contributed by atoms with Crippen LogP contribution in [0.15, 0.2) is 18.3 Å². The Labute approximate surface area is 140 Å². The number of hydrogen-bond donors (Lipinski definition) is 2. The molecule has 0 bridgehead atoms. The van der Waals surface area contributed by atoms with Gasteiger partial charge in [0.2, 0.25) is 11.9 Å². The molecule has 3 heterocycles. The summed E-state index contributed by atoms with van der Waals surface area (Å²) in [6, 6.07) is 3.65. The van der Waals surface area contributed by atoms with Crippen molar-refractivity contribution in [2.75, 3.05) is 42.5 Å². The van der Waals surface area contributed by atoms with Crippen molar-refractivity contribution in [3.05, 3.63) is 24.0 Å². The minimum Gasteiger partial charge on any atom is -0.384 e. The van der Waals surface area contributed by atoms with Crippen LogP contribution in [0.1, 0.15) is 12.6 Å². The summed E-state index contributed by atoms with van der Waals surface area (Å²) in [5.74, 6) is 1.57. The van der Waals surface area contributed by atoms with Crippen LogP contribution in [0.2, 0.25) is 0 Å². The van der Waals surface area contributed by atoms with Gasteiger partial charge in [-0.3, -0.25) is 4.79 Å². The predicted octanol–water partition coefficient (Wildman–Crippen LogP) is 0.680. The molecule has 0 unspecified atom stereocenters. The van der Waals surface area contributed by atoms with Gasteiger partial charge in [0.15, 0.2) is 0 Å². The van der Waals surface area contributed by atoms with E-state index >= 15 is 0 Å². The SMILES string of the molecule is CC(=O)N1CCN(c2nc(N)nc(C)c2-c2ccc(N)nc2)CC1. The summed E-state index contributed by atoms with van der Waals surface area (Å²) in [4.78, 5) is 28.4. The van der Waals surface area contributed by atoms with E-state index in [1.807, 2.05) is 17.9 Å². The highest BCUT2D eigenvalue weighted by Gasteiger charge is 2.24. The number of nitrogens with zero attached hydrogens (tertiary/aromatic N) is 5. The standard InChI is InChI=1S/C16H21N7O/c1-10-14(12-3-4-13(17)19-9-12)15(21-16(18)20-10)23-7-5-22(6-8-23)11(2)24/h3-4,9H,5-8H2,1-2H3,(H2,17,19)(H2,18,20,21). The third kappa shape index (κ3) is 3.08. The van der Waals surface area contributed by atoms with Crippen molar-refractivity contribution in [3.8, 4) is 11.1 Å². The average Bonchev–Trinajstić information content (AvgIpc) is 2.55. The zero-order valence-electron chi connectivity index (χ0n) is 13.9. The molecule has 0 radical (unpaired) electrons. The van der Waals surface area contributed by atoms with Gasteiger partial charge in [-0.1, -0.05) is 0 Å². The van der Waals surface area contributed by atoms with Crippen molar-refractivity contribution < 1.29 is 4.79 Å². The number of rotatable bonds is 2. The van der Waals surface area contributed by atoms with Gasteiger partial charge in [0.05, 0.1) is 5.69 Å². The molecule has 126 valence electrons. The molecular weight excluding hydrogens is 306 g/mol. The summed E-state index contributed by atoms with van der Waals surface area (Å²) in [6.45, 7) is 6.22. The Hall–Kier alpha value is -2.90. The van der Waals surface area contributed by atoms with Gasteiger partial charge in [-0.2, -0.15) is 4.98 Å². The van der Waals surface area contributed by atoms with Gasteiger partial charge in [-0.05, 0) is 19.1 Å². The maximum absolute atomic E-state index is 11.5. The molecule has 8 nitrogen and oxygen atoms in total. The molecule has 24 heavy (non-hydrogen) atoms. The van der Waals surface area contributed by atoms with Crippen molar-refractivity contribution >= 4 is 23.5 Å². The van der Waals surface area contributed by atoms with Crippen molar-refractivity contribution in [1.82, 2.24) is 19.9 Å². The van der Waals surface area contributed by atoms with Crippen LogP contribution in [0, 0.1) is 6.92 Å². The predicted molar refractivity (Wildman–Crippen MR) is 93.3 cm³/mol. The number of carbonyl (C=O) groups is 1. The number of anilines is 3. The Morgan fingerprint density at radius 2 is 1.83 bits per heavy atom. The molecule has 2 aromatic heterocycles. The number of nitrogens with two attached hydrogens (primary N) is 2. The van der Waals surface area contributed by atoms with Crippen LogP contribution in [0.4, 0.5) is 17.6 Å². The highest BCUT2D eigenvalue weighted by atomic mass is 16.2. The fourth-order valence-electron chi connectivity index (χ4n) is 2.93. The fourth-order valence-corrected chi connectivity index (χ4v) is 2.93. The third-order valence-corrected chi connectivity index (χ3v) is 4.19. The second kappa shape index (κ2) is 6.31. The molecule has 0 aromatic carbocycles. The lowest BCUT2D eigenvalue weighted by Gasteiger charge is -2.36. The van der Waals surface area contributed by atoms with E-state index in [0.717, 1.165) is 22.6 Å². The highest BCUT2D eigenvalue weighted by molar-refractivity contribution is 5.79. The van der Waals surface area contributed by atoms with Gasteiger partial charge in [0.1, 0.15) is 11.6 Å². The lowest BCUT2D eigenvalue weighted by molar-refractivity contribution is -0.129. The molecule has 3 rings (SSSR count). The number of carbonyl (C=O) groups excluding carboxylic acids is 1. The normalized spacial score (nSPS) is 14.8. The van der Waals surface area contributed by atoms with E-state index in [-0.39, 0.29) is 11.9 Å². The molecule has 0 saturated carbocycles. The number of pyridine rings is 1. The minimum absolute atomic E-state index is 0.0935. The number of aryl methyl sites for hydroxylation is 1. The largest absolute Gasteiger partial charge is 0.384 e. The van der Waals surface area contributed by atoms with Crippen LogP contribution in [-0.4, -0.2) is 51.9 Å². The summed E-state index contributed by atoms with van der Waals surface area (Å²) in [7, 11) is 0. The van der Waals surface area contributed by atoms with Crippen LogP contribution < -0.4 is 16.4 Å². The summed E-state index contributed by atoms with van der Waals surface area (Å²) in [6.07, 6.45) is 1.71. The van der Waals surface area contributed by atoms with E-state index in [4.69, 9.17) is 11.5 Å². The molecule has 4 N–H and O–H groups in total. The van der Waals surface area contributed by atoms with Crippen molar-refractivity contribution in [3.63, 3.8) is 0 Å². The lowest BCUT2D eigenvalue weighted by atomic mass is 10.1. The van der Waals surface area contributed by atoms with E-state index in [1.54, 1.807) is 19.2 Å². The Balaban J connectivity index is 1.98. The molecule has 1 saturated heterocycles. The molecule has 0 atom stereocenters. The van der Waals surface area contributed by atoms with E-state index < -0.39 is 0 Å².